The first-order chi connectivity index (χ1) is 14.4. The van der Waals surface area contributed by atoms with E-state index in [4.69, 9.17) is 25.6 Å². The fourth-order valence-electron chi connectivity index (χ4n) is 2.88. The molecule has 1 heterocycles. The van der Waals surface area contributed by atoms with Gasteiger partial charge in [0, 0.05) is 30.5 Å². The van der Waals surface area contributed by atoms with Gasteiger partial charge in [0.1, 0.15) is 11.5 Å². The third-order valence-electron chi connectivity index (χ3n) is 4.62. The number of rotatable bonds is 8. The van der Waals surface area contributed by atoms with Gasteiger partial charge in [0.2, 0.25) is 17.6 Å². The third-order valence-corrected chi connectivity index (χ3v) is 4.91. The molecule has 1 N–H and O–H groups in total. The molecule has 0 radical (unpaired) electrons. The maximum Gasteiger partial charge on any atom is 0.227 e. The smallest absolute Gasteiger partial charge is 0.227 e. The van der Waals surface area contributed by atoms with Gasteiger partial charge in [-0.1, -0.05) is 54.9 Å². The highest BCUT2D eigenvalue weighted by atomic mass is 35.5. The van der Waals surface area contributed by atoms with Crippen LogP contribution in [0.4, 0.5) is 5.69 Å². The molecule has 30 heavy (non-hydrogen) atoms. The van der Waals surface area contributed by atoms with Crippen molar-refractivity contribution in [3.8, 4) is 22.9 Å². The predicted octanol–water partition coefficient (Wildman–Crippen LogP) is 5.10. The van der Waals surface area contributed by atoms with Crippen molar-refractivity contribution < 1.29 is 18.8 Å². The van der Waals surface area contributed by atoms with E-state index >= 15 is 0 Å². The zero-order valence-corrected chi connectivity index (χ0v) is 18.1. The second kappa shape index (κ2) is 9.63. The van der Waals surface area contributed by atoms with E-state index in [0.29, 0.717) is 46.3 Å². The van der Waals surface area contributed by atoms with E-state index in [1.54, 1.807) is 12.1 Å². The topological polar surface area (TPSA) is 86.5 Å². The van der Waals surface area contributed by atoms with Gasteiger partial charge in [0.25, 0.3) is 0 Å². The molecule has 158 valence electrons. The molecule has 0 unspecified atom stereocenters. The number of nitrogens with one attached hydrogen (secondary N) is 1. The number of ether oxygens (including phenoxy) is 2. The number of carbonyl (C=O) groups excluding carboxylic acids is 1. The summed E-state index contributed by atoms with van der Waals surface area (Å²) in [6, 6.07) is 11.2. The van der Waals surface area contributed by atoms with Gasteiger partial charge < -0.3 is 19.3 Å². The molecule has 3 aromatic rings. The Hall–Kier alpha value is -3.06. The monoisotopic (exact) mass is 429 g/mol. The van der Waals surface area contributed by atoms with Gasteiger partial charge in [0.05, 0.1) is 24.9 Å². The molecular weight excluding hydrogens is 406 g/mol. The summed E-state index contributed by atoms with van der Waals surface area (Å²) in [5.74, 6) is 2.02. The highest BCUT2D eigenvalue weighted by molar-refractivity contribution is 6.32. The molecular formula is C22H24ClN3O4. The highest BCUT2D eigenvalue weighted by Gasteiger charge is 2.15. The van der Waals surface area contributed by atoms with Crippen LogP contribution in [0.15, 0.2) is 40.9 Å². The van der Waals surface area contributed by atoms with Gasteiger partial charge in [-0.05, 0) is 11.5 Å². The lowest BCUT2D eigenvalue weighted by Gasteiger charge is -2.12. The molecule has 0 fully saturated rings. The van der Waals surface area contributed by atoms with E-state index in [1.165, 1.54) is 19.8 Å². The Labute approximate surface area is 180 Å². The summed E-state index contributed by atoms with van der Waals surface area (Å²) in [5.41, 5.74) is 2.59. The summed E-state index contributed by atoms with van der Waals surface area (Å²) in [4.78, 5) is 16.8. The standard InChI is InChI=1S/C22H24ClN3O4/c1-13(2)14-5-7-15(8-6-14)22-25-21(30-26-22)10-9-20(27)24-17-12-18(28-3)16(23)11-19(17)29-4/h5-8,11-13H,9-10H2,1-4H3,(H,24,27). The quantitative estimate of drug-likeness (QED) is 0.536. The van der Waals surface area contributed by atoms with Crippen LogP contribution in [0.1, 0.15) is 37.6 Å². The van der Waals surface area contributed by atoms with E-state index in [0.717, 1.165) is 5.56 Å². The average Bonchev–Trinajstić information content (AvgIpc) is 3.22. The molecule has 0 saturated heterocycles. The molecule has 0 spiro atoms. The zero-order valence-electron chi connectivity index (χ0n) is 17.4. The fourth-order valence-corrected chi connectivity index (χ4v) is 3.11. The van der Waals surface area contributed by atoms with Crippen molar-refractivity contribution in [1.29, 1.82) is 0 Å². The minimum Gasteiger partial charge on any atom is -0.495 e. The number of amides is 1. The van der Waals surface area contributed by atoms with Crippen molar-refractivity contribution in [3.63, 3.8) is 0 Å². The first kappa shape index (κ1) is 21.6. The molecule has 8 heteroatoms. The van der Waals surface area contributed by atoms with Crippen molar-refractivity contribution >= 4 is 23.2 Å². The second-order valence-corrected chi connectivity index (χ2v) is 7.43. The van der Waals surface area contributed by atoms with Crippen molar-refractivity contribution in [2.24, 2.45) is 0 Å². The molecule has 2 aromatic carbocycles. The Kier molecular flexibility index (Phi) is 6.95. The highest BCUT2D eigenvalue weighted by Crippen LogP contribution is 2.36. The predicted molar refractivity (Wildman–Crippen MR) is 115 cm³/mol. The van der Waals surface area contributed by atoms with Crippen molar-refractivity contribution in [1.82, 2.24) is 10.1 Å². The van der Waals surface area contributed by atoms with E-state index in [2.05, 4.69) is 41.4 Å². The summed E-state index contributed by atoms with van der Waals surface area (Å²) in [6.45, 7) is 4.28. The van der Waals surface area contributed by atoms with Crippen LogP contribution in [-0.4, -0.2) is 30.3 Å². The maximum atomic E-state index is 12.4. The molecule has 0 aliphatic heterocycles. The Morgan fingerprint density at radius 1 is 1.13 bits per heavy atom. The van der Waals surface area contributed by atoms with Crippen LogP contribution in [0.5, 0.6) is 11.5 Å². The minimum atomic E-state index is -0.223. The number of anilines is 1. The van der Waals surface area contributed by atoms with Gasteiger partial charge in [-0.3, -0.25) is 4.79 Å². The number of aryl methyl sites for hydroxylation is 1. The van der Waals surface area contributed by atoms with Crippen molar-refractivity contribution in [2.75, 3.05) is 19.5 Å². The SMILES string of the molecule is COc1cc(NC(=O)CCc2nc(-c3ccc(C(C)C)cc3)no2)c(OC)cc1Cl. The van der Waals surface area contributed by atoms with Crippen LogP contribution in [0, 0.1) is 0 Å². The van der Waals surface area contributed by atoms with E-state index in [9.17, 15) is 4.79 Å². The number of halogens is 1. The summed E-state index contributed by atoms with van der Waals surface area (Å²) in [5, 5.41) is 7.21. The largest absolute Gasteiger partial charge is 0.495 e. The molecule has 1 aromatic heterocycles. The molecule has 3 rings (SSSR count). The lowest BCUT2D eigenvalue weighted by molar-refractivity contribution is -0.116. The first-order valence-electron chi connectivity index (χ1n) is 9.55. The first-order valence-corrected chi connectivity index (χ1v) is 9.93. The number of aromatic nitrogens is 2. The molecule has 0 bridgehead atoms. The Morgan fingerprint density at radius 2 is 1.83 bits per heavy atom. The Morgan fingerprint density at radius 3 is 2.47 bits per heavy atom. The molecule has 0 aliphatic rings. The lowest BCUT2D eigenvalue weighted by Crippen LogP contribution is -2.13. The molecule has 0 saturated carbocycles. The molecule has 0 atom stereocenters. The van der Waals surface area contributed by atoms with Crippen LogP contribution in [-0.2, 0) is 11.2 Å². The van der Waals surface area contributed by atoms with Crippen LogP contribution in [0.2, 0.25) is 5.02 Å². The van der Waals surface area contributed by atoms with Crippen LogP contribution in [0.3, 0.4) is 0 Å². The van der Waals surface area contributed by atoms with E-state index < -0.39 is 0 Å². The number of methoxy groups -OCH3 is 2. The van der Waals surface area contributed by atoms with Crippen molar-refractivity contribution in [2.45, 2.75) is 32.6 Å². The Balaban J connectivity index is 1.62. The van der Waals surface area contributed by atoms with Gasteiger partial charge >= 0.3 is 0 Å². The summed E-state index contributed by atoms with van der Waals surface area (Å²) in [6.07, 6.45) is 0.484. The molecule has 0 aliphatic carbocycles. The van der Waals surface area contributed by atoms with Crippen molar-refractivity contribution in [3.05, 3.63) is 52.9 Å². The van der Waals surface area contributed by atoms with Gasteiger partial charge in [0.15, 0.2) is 0 Å². The van der Waals surface area contributed by atoms with Crippen LogP contribution >= 0.6 is 11.6 Å². The van der Waals surface area contributed by atoms with Gasteiger partial charge in [-0.25, -0.2) is 0 Å². The minimum absolute atomic E-state index is 0.169. The van der Waals surface area contributed by atoms with Crippen LogP contribution < -0.4 is 14.8 Å². The summed E-state index contributed by atoms with van der Waals surface area (Å²) < 4.78 is 15.7. The molecule has 1 amide bonds. The zero-order chi connectivity index (χ0) is 21.7. The average molecular weight is 430 g/mol. The van der Waals surface area contributed by atoms with Gasteiger partial charge in [-0.2, -0.15) is 4.98 Å². The summed E-state index contributed by atoms with van der Waals surface area (Å²) in [7, 11) is 3.00. The number of hydrogen-bond acceptors (Lipinski definition) is 6. The second-order valence-electron chi connectivity index (χ2n) is 7.02. The number of carbonyl (C=O) groups is 1. The third kappa shape index (κ3) is 5.10. The summed E-state index contributed by atoms with van der Waals surface area (Å²) >= 11 is 6.09. The number of hydrogen-bond donors (Lipinski definition) is 1. The number of benzene rings is 2. The molecule has 7 nitrogen and oxygen atoms in total. The normalized spacial score (nSPS) is 10.9. The van der Waals surface area contributed by atoms with E-state index in [1.807, 2.05) is 12.1 Å². The lowest BCUT2D eigenvalue weighted by atomic mass is 10.0. The maximum absolute atomic E-state index is 12.4. The van der Waals surface area contributed by atoms with Gasteiger partial charge in [-0.15, -0.1) is 0 Å². The fraction of sp³-hybridized carbons (Fsp3) is 0.318. The van der Waals surface area contributed by atoms with Crippen LogP contribution in [0.25, 0.3) is 11.4 Å². The Bertz CT molecular complexity index is 1020. The number of nitrogens with zero attached hydrogens (tertiary/aromatic N) is 2. The van der Waals surface area contributed by atoms with E-state index in [-0.39, 0.29) is 12.3 Å².